The van der Waals surface area contributed by atoms with Gasteiger partial charge in [-0.1, -0.05) is 43.0 Å². The second kappa shape index (κ2) is 12.0. The number of ether oxygens (including phenoxy) is 2. The number of nitrogens with zero attached hydrogens (tertiary/aromatic N) is 3. The average Bonchev–Trinajstić information content (AvgIpc) is 2.88. The Balaban J connectivity index is 1.44. The Hall–Kier alpha value is -4.92. The lowest BCUT2D eigenvalue weighted by atomic mass is 10.3. The van der Waals surface area contributed by atoms with Crippen molar-refractivity contribution in [2.24, 2.45) is 0 Å². The van der Waals surface area contributed by atoms with Crippen LogP contribution in [-0.4, -0.2) is 34.1 Å². The number of para-hydroxylation sites is 2. The van der Waals surface area contributed by atoms with E-state index in [1.54, 1.807) is 19.1 Å². The number of aromatic nitrogens is 3. The van der Waals surface area contributed by atoms with Crippen LogP contribution in [0.2, 0.25) is 0 Å². The molecule has 9 heteroatoms. The van der Waals surface area contributed by atoms with Crippen molar-refractivity contribution in [3.8, 4) is 5.75 Å². The van der Waals surface area contributed by atoms with Crippen molar-refractivity contribution in [2.75, 3.05) is 29.2 Å². The van der Waals surface area contributed by atoms with E-state index >= 15 is 0 Å². The molecule has 0 bridgehead atoms. The summed E-state index contributed by atoms with van der Waals surface area (Å²) < 4.78 is 10.6. The summed E-state index contributed by atoms with van der Waals surface area (Å²) in [5.74, 6) is 1.35. The highest BCUT2D eigenvalue weighted by Gasteiger charge is 2.09. The molecule has 0 saturated carbocycles. The fourth-order valence-electron chi connectivity index (χ4n) is 3.03. The third-order valence-electron chi connectivity index (χ3n) is 4.74. The molecule has 0 aliphatic rings. The number of carbonyl (C=O) groups excluding carboxylic acids is 1. The van der Waals surface area contributed by atoms with Crippen molar-refractivity contribution in [2.45, 2.75) is 6.92 Å². The maximum Gasteiger partial charge on any atom is 0.333 e. The molecule has 0 spiro atoms. The van der Waals surface area contributed by atoms with Gasteiger partial charge in [-0.25, -0.2) is 4.79 Å². The summed E-state index contributed by atoms with van der Waals surface area (Å²) in [6.07, 6.45) is 0. The lowest BCUT2D eigenvalue weighted by Crippen LogP contribution is -2.12. The van der Waals surface area contributed by atoms with E-state index in [0.717, 1.165) is 17.1 Å². The summed E-state index contributed by atoms with van der Waals surface area (Å²) in [7, 11) is 0. The Bertz CT molecular complexity index is 1240. The highest BCUT2D eigenvalue weighted by Crippen LogP contribution is 2.22. The zero-order valence-corrected chi connectivity index (χ0v) is 19.8. The van der Waals surface area contributed by atoms with Crippen LogP contribution < -0.4 is 20.7 Å². The maximum atomic E-state index is 11.4. The molecule has 4 rings (SSSR count). The first-order chi connectivity index (χ1) is 17.5. The van der Waals surface area contributed by atoms with E-state index in [-0.39, 0.29) is 13.2 Å². The van der Waals surface area contributed by atoms with E-state index in [0.29, 0.717) is 29.2 Å². The van der Waals surface area contributed by atoms with Gasteiger partial charge in [-0.3, -0.25) is 0 Å². The predicted molar refractivity (Wildman–Crippen MR) is 140 cm³/mol. The van der Waals surface area contributed by atoms with Crippen molar-refractivity contribution in [1.29, 1.82) is 0 Å². The minimum Gasteiger partial charge on any atom is -0.490 e. The Morgan fingerprint density at radius 1 is 0.694 bits per heavy atom. The molecule has 0 amide bonds. The summed E-state index contributed by atoms with van der Waals surface area (Å²) in [6, 6.07) is 26.6. The zero-order valence-electron chi connectivity index (χ0n) is 19.8. The summed E-state index contributed by atoms with van der Waals surface area (Å²) in [4.78, 5) is 24.9. The second-order valence-electron chi connectivity index (χ2n) is 7.70. The van der Waals surface area contributed by atoms with Crippen molar-refractivity contribution in [3.05, 3.63) is 97.1 Å². The highest BCUT2D eigenvalue weighted by molar-refractivity contribution is 5.86. The first-order valence-corrected chi connectivity index (χ1v) is 11.3. The summed E-state index contributed by atoms with van der Waals surface area (Å²) >= 11 is 0. The molecular formula is C27H26N6O3. The quantitative estimate of drug-likeness (QED) is 0.143. The molecule has 3 N–H and O–H groups in total. The molecule has 0 fully saturated rings. The standard InChI is InChI=1S/C27H26N6O3/c1-19(2)24(34)36-18-17-35-23-15-13-22(14-16-23)30-27-32-25(28-20-9-5-3-6-10-20)31-26(33-27)29-21-11-7-4-8-12-21/h3-16H,1,17-18H2,2H3,(H3,28,29,30,31,32,33). The third kappa shape index (κ3) is 7.29. The molecule has 4 aromatic rings. The summed E-state index contributed by atoms with van der Waals surface area (Å²) in [5, 5.41) is 9.61. The lowest BCUT2D eigenvalue weighted by Gasteiger charge is -2.12. The summed E-state index contributed by atoms with van der Waals surface area (Å²) in [6.45, 7) is 5.53. The average molecular weight is 483 g/mol. The number of rotatable bonds is 11. The Morgan fingerprint density at radius 3 is 1.58 bits per heavy atom. The van der Waals surface area contributed by atoms with Gasteiger partial charge in [0.1, 0.15) is 19.0 Å². The number of hydrogen-bond donors (Lipinski definition) is 3. The Morgan fingerprint density at radius 2 is 1.14 bits per heavy atom. The van der Waals surface area contributed by atoms with Crippen LogP contribution >= 0.6 is 0 Å². The van der Waals surface area contributed by atoms with Gasteiger partial charge in [0.15, 0.2) is 0 Å². The third-order valence-corrected chi connectivity index (χ3v) is 4.74. The number of nitrogens with one attached hydrogen (secondary N) is 3. The van der Waals surface area contributed by atoms with Crippen LogP contribution in [0.3, 0.4) is 0 Å². The predicted octanol–water partition coefficient (Wildman–Crippen LogP) is 5.60. The van der Waals surface area contributed by atoms with Gasteiger partial charge in [-0.2, -0.15) is 15.0 Å². The van der Waals surface area contributed by atoms with Crippen LogP contribution in [0.15, 0.2) is 97.1 Å². The number of hydrogen-bond acceptors (Lipinski definition) is 9. The molecule has 0 aliphatic heterocycles. The van der Waals surface area contributed by atoms with E-state index in [1.807, 2.05) is 72.8 Å². The largest absolute Gasteiger partial charge is 0.490 e. The molecule has 182 valence electrons. The zero-order chi connectivity index (χ0) is 25.2. The van der Waals surface area contributed by atoms with E-state index < -0.39 is 5.97 Å². The SMILES string of the molecule is C=C(C)C(=O)OCCOc1ccc(Nc2nc(Nc3ccccc3)nc(Nc3ccccc3)n2)cc1. The topological polar surface area (TPSA) is 110 Å². The van der Waals surface area contributed by atoms with Crippen LogP contribution in [0.5, 0.6) is 5.75 Å². The highest BCUT2D eigenvalue weighted by atomic mass is 16.6. The van der Waals surface area contributed by atoms with Crippen molar-refractivity contribution >= 4 is 40.9 Å². The van der Waals surface area contributed by atoms with Gasteiger partial charge >= 0.3 is 5.97 Å². The van der Waals surface area contributed by atoms with Crippen LogP contribution in [-0.2, 0) is 9.53 Å². The van der Waals surface area contributed by atoms with Crippen molar-refractivity contribution in [1.82, 2.24) is 15.0 Å². The van der Waals surface area contributed by atoms with Crippen LogP contribution in [0.4, 0.5) is 34.9 Å². The van der Waals surface area contributed by atoms with Gasteiger partial charge in [0.25, 0.3) is 0 Å². The van der Waals surface area contributed by atoms with Crippen molar-refractivity contribution < 1.29 is 14.3 Å². The molecule has 0 aliphatic carbocycles. The number of carbonyl (C=O) groups is 1. The van der Waals surface area contributed by atoms with E-state index in [4.69, 9.17) is 9.47 Å². The fraction of sp³-hybridized carbons (Fsp3) is 0.111. The van der Waals surface area contributed by atoms with Gasteiger partial charge in [-0.05, 0) is 55.5 Å². The minimum atomic E-state index is -0.433. The maximum absolute atomic E-state index is 11.4. The first kappa shape index (κ1) is 24.2. The molecular weight excluding hydrogens is 456 g/mol. The molecule has 1 aromatic heterocycles. The van der Waals surface area contributed by atoms with Crippen molar-refractivity contribution in [3.63, 3.8) is 0 Å². The van der Waals surface area contributed by atoms with E-state index in [9.17, 15) is 4.79 Å². The fourth-order valence-corrected chi connectivity index (χ4v) is 3.03. The first-order valence-electron chi connectivity index (χ1n) is 11.3. The van der Waals surface area contributed by atoms with Gasteiger partial charge < -0.3 is 25.4 Å². The second-order valence-corrected chi connectivity index (χ2v) is 7.70. The van der Waals surface area contributed by atoms with E-state index in [1.165, 1.54) is 0 Å². The van der Waals surface area contributed by atoms with Gasteiger partial charge in [0.2, 0.25) is 17.8 Å². The minimum absolute atomic E-state index is 0.144. The molecule has 0 radical (unpaired) electrons. The van der Waals surface area contributed by atoms with Crippen LogP contribution in [0, 0.1) is 0 Å². The molecule has 0 atom stereocenters. The molecule has 1 heterocycles. The van der Waals surface area contributed by atoms with E-state index in [2.05, 4.69) is 37.5 Å². The molecule has 0 unspecified atom stereocenters. The molecule has 0 saturated heterocycles. The van der Waals surface area contributed by atoms with Crippen LogP contribution in [0.1, 0.15) is 6.92 Å². The summed E-state index contributed by atoms with van der Waals surface area (Å²) in [5.41, 5.74) is 2.83. The molecule has 3 aromatic carbocycles. The number of benzene rings is 3. The van der Waals surface area contributed by atoms with Gasteiger partial charge in [-0.15, -0.1) is 0 Å². The normalized spacial score (nSPS) is 10.2. The van der Waals surface area contributed by atoms with Crippen LogP contribution in [0.25, 0.3) is 0 Å². The number of esters is 1. The van der Waals surface area contributed by atoms with Gasteiger partial charge in [0, 0.05) is 22.6 Å². The Labute approximate surface area is 209 Å². The molecule has 36 heavy (non-hydrogen) atoms. The van der Waals surface area contributed by atoms with Gasteiger partial charge in [0.05, 0.1) is 0 Å². The smallest absolute Gasteiger partial charge is 0.333 e. The Kier molecular flexibility index (Phi) is 8.06. The number of anilines is 6. The molecule has 9 nitrogen and oxygen atoms in total. The monoisotopic (exact) mass is 482 g/mol. The lowest BCUT2D eigenvalue weighted by molar-refractivity contribution is -0.139.